The highest BCUT2D eigenvalue weighted by molar-refractivity contribution is 5.43. The quantitative estimate of drug-likeness (QED) is 0.539. The number of nitrogens with one attached hydrogen (secondary N) is 2. The molecule has 0 aromatic heterocycles. The first-order chi connectivity index (χ1) is 15.8. The van der Waals surface area contributed by atoms with Gasteiger partial charge in [0.1, 0.15) is 19.7 Å². The molecule has 2 unspecified atom stereocenters. The van der Waals surface area contributed by atoms with Crippen molar-refractivity contribution < 1.29 is 19.3 Å². The molecule has 1 aliphatic heterocycles. The minimum Gasteiger partial charge on any atom is -0.493 e. The van der Waals surface area contributed by atoms with Crippen molar-refractivity contribution >= 4 is 0 Å². The lowest BCUT2D eigenvalue weighted by atomic mass is 10.0. The van der Waals surface area contributed by atoms with Gasteiger partial charge in [-0.1, -0.05) is 66.6 Å². The Labute approximate surface area is 191 Å². The Hall–Kier alpha value is -3.26. The second kappa shape index (κ2) is 10.9. The minimum absolute atomic E-state index is 0.232. The lowest BCUT2D eigenvalue weighted by Crippen LogP contribution is -3.32. The molecule has 1 fully saturated rings. The molecule has 164 valence electrons. The summed E-state index contributed by atoms with van der Waals surface area (Å²) in [6, 6.07) is 27.9. The van der Waals surface area contributed by atoms with E-state index >= 15 is 0 Å². The SMILES string of the molecule is C#CCOc1ccc(C2[NH+](Cc3ccccc3)CCC[NH+]2Cc2ccccc2)cc1OC. The van der Waals surface area contributed by atoms with E-state index in [0.717, 1.165) is 31.9 Å². The number of quaternary nitrogens is 2. The third-order valence-electron chi connectivity index (χ3n) is 6.19. The van der Waals surface area contributed by atoms with Crippen LogP contribution in [0.5, 0.6) is 11.5 Å². The first-order valence-electron chi connectivity index (χ1n) is 11.3. The molecule has 0 radical (unpaired) electrons. The molecule has 2 atom stereocenters. The molecule has 1 saturated heterocycles. The molecule has 32 heavy (non-hydrogen) atoms. The maximum Gasteiger partial charge on any atom is 0.240 e. The van der Waals surface area contributed by atoms with Crippen molar-refractivity contribution in [2.75, 3.05) is 26.8 Å². The second-order valence-electron chi connectivity index (χ2n) is 8.33. The summed E-state index contributed by atoms with van der Waals surface area (Å²) in [5.41, 5.74) is 4.01. The van der Waals surface area contributed by atoms with Crippen LogP contribution in [0.3, 0.4) is 0 Å². The first kappa shape index (κ1) is 22.0. The fourth-order valence-corrected chi connectivity index (χ4v) is 4.79. The average Bonchev–Trinajstić information content (AvgIpc) is 2.84. The maximum absolute atomic E-state index is 5.69. The van der Waals surface area contributed by atoms with Crippen LogP contribution in [0.1, 0.15) is 29.3 Å². The van der Waals surface area contributed by atoms with Crippen molar-refractivity contribution in [1.82, 2.24) is 0 Å². The maximum atomic E-state index is 5.69. The molecular weight excluding hydrogens is 396 g/mol. The van der Waals surface area contributed by atoms with E-state index in [1.807, 2.05) is 6.07 Å². The van der Waals surface area contributed by atoms with E-state index in [2.05, 4.69) is 78.7 Å². The number of rotatable bonds is 8. The van der Waals surface area contributed by atoms with Gasteiger partial charge in [0.25, 0.3) is 0 Å². The Bertz CT molecular complexity index is 981. The number of hydrogen-bond acceptors (Lipinski definition) is 2. The summed E-state index contributed by atoms with van der Waals surface area (Å²) in [6.45, 7) is 4.53. The van der Waals surface area contributed by atoms with Crippen molar-refractivity contribution in [3.63, 3.8) is 0 Å². The van der Waals surface area contributed by atoms with Crippen LogP contribution in [0.25, 0.3) is 0 Å². The summed E-state index contributed by atoms with van der Waals surface area (Å²) in [6.07, 6.45) is 6.89. The van der Waals surface area contributed by atoms with E-state index in [0.29, 0.717) is 11.9 Å². The van der Waals surface area contributed by atoms with Crippen LogP contribution in [0, 0.1) is 12.3 Å². The highest BCUT2D eigenvalue weighted by atomic mass is 16.5. The highest BCUT2D eigenvalue weighted by Gasteiger charge is 2.38. The molecule has 0 bridgehead atoms. The highest BCUT2D eigenvalue weighted by Crippen LogP contribution is 2.29. The smallest absolute Gasteiger partial charge is 0.240 e. The molecule has 2 N–H and O–H groups in total. The third-order valence-corrected chi connectivity index (χ3v) is 6.19. The number of ether oxygens (including phenoxy) is 2. The predicted molar refractivity (Wildman–Crippen MR) is 127 cm³/mol. The molecule has 1 aliphatic rings. The first-order valence-corrected chi connectivity index (χ1v) is 11.3. The Morgan fingerprint density at radius 1 is 0.844 bits per heavy atom. The van der Waals surface area contributed by atoms with E-state index < -0.39 is 0 Å². The summed E-state index contributed by atoms with van der Waals surface area (Å²) in [4.78, 5) is 3.15. The standard InChI is InChI=1S/C28H30N2O2/c1-3-19-32-26-16-15-25(20-27(26)31-2)28-29(21-23-11-6-4-7-12-23)17-10-18-30(28)22-24-13-8-5-9-14-24/h1,4-9,11-16,20,28H,10,17-19,21-22H2,2H3/p+2. The molecule has 4 nitrogen and oxygen atoms in total. The fourth-order valence-electron chi connectivity index (χ4n) is 4.79. The Morgan fingerprint density at radius 2 is 1.44 bits per heavy atom. The number of terminal acetylenes is 1. The van der Waals surface area contributed by atoms with Gasteiger partial charge in [-0.05, 0) is 18.2 Å². The molecule has 3 aromatic carbocycles. The van der Waals surface area contributed by atoms with Crippen LogP contribution in [0.15, 0.2) is 78.9 Å². The Balaban J connectivity index is 1.67. The normalized spacial score (nSPS) is 20.3. The molecule has 4 rings (SSSR count). The van der Waals surface area contributed by atoms with Gasteiger partial charge in [-0.25, -0.2) is 0 Å². The minimum atomic E-state index is 0.232. The third kappa shape index (κ3) is 5.31. The van der Waals surface area contributed by atoms with Crippen LogP contribution in [0.2, 0.25) is 0 Å². The summed E-state index contributed by atoms with van der Waals surface area (Å²) >= 11 is 0. The molecule has 0 spiro atoms. The zero-order chi connectivity index (χ0) is 22.2. The average molecular weight is 429 g/mol. The van der Waals surface area contributed by atoms with Gasteiger partial charge in [-0.15, -0.1) is 6.42 Å². The molecule has 4 heteroatoms. The summed E-state index contributed by atoms with van der Waals surface area (Å²) in [7, 11) is 1.69. The van der Waals surface area contributed by atoms with Gasteiger partial charge >= 0.3 is 0 Å². The summed E-state index contributed by atoms with van der Waals surface area (Å²) < 4.78 is 11.4. The molecule has 3 aromatic rings. The van der Waals surface area contributed by atoms with E-state index in [4.69, 9.17) is 15.9 Å². The number of methoxy groups -OCH3 is 1. The van der Waals surface area contributed by atoms with Crippen molar-refractivity contribution in [3.05, 3.63) is 95.6 Å². The monoisotopic (exact) mass is 428 g/mol. The Kier molecular flexibility index (Phi) is 7.45. The van der Waals surface area contributed by atoms with Gasteiger partial charge in [-0.2, -0.15) is 0 Å². The van der Waals surface area contributed by atoms with Gasteiger partial charge in [0.2, 0.25) is 6.17 Å². The topological polar surface area (TPSA) is 27.3 Å². The number of benzene rings is 3. The van der Waals surface area contributed by atoms with Gasteiger partial charge in [0.15, 0.2) is 11.5 Å². The molecule has 0 saturated carbocycles. The van der Waals surface area contributed by atoms with Crippen molar-refractivity contribution in [2.45, 2.75) is 25.7 Å². The van der Waals surface area contributed by atoms with Crippen LogP contribution in [0.4, 0.5) is 0 Å². The molecule has 1 heterocycles. The largest absolute Gasteiger partial charge is 0.493 e. The fraction of sp³-hybridized carbons (Fsp3) is 0.286. The summed E-state index contributed by atoms with van der Waals surface area (Å²) in [5.74, 6) is 3.96. The van der Waals surface area contributed by atoms with Gasteiger partial charge in [0.05, 0.1) is 25.8 Å². The zero-order valence-electron chi connectivity index (χ0n) is 18.7. The van der Waals surface area contributed by atoms with Crippen LogP contribution < -0.4 is 19.3 Å². The van der Waals surface area contributed by atoms with Crippen molar-refractivity contribution in [3.8, 4) is 23.8 Å². The van der Waals surface area contributed by atoms with E-state index in [9.17, 15) is 0 Å². The van der Waals surface area contributed by atoms with Gasteiger partial charge in [-0.3, -0.25) is 9.80 Å². The lowest BCUT2D eigenvalue weighted by Gasteiger charge is -2.38. The predicted octanol–water partition coefficient (Wildman–Crippen LogP) is 2.28. The van der Waals surface area contributed by atoms with Crippen LogP contribution >= 0.6 is 0 Å². The van der Waals surface area contributed by atoms with E-state index in [-0.39, 0.29) is 6.61 Å². The number of hydrogen-bond donors (Lipinski definition) is 2. The second-order valence-corrected chi connectivity index (χ2v) is 8.33. The van der Waals surface area contributed by atoms with Crippen molar-refractivity contribution in [2.24, 2.45) is 0 Å². The van der Waals surface area contributed by atoms with Gasteiger partial charge < -0.3 is 9.47 Å². The van der Waals surface area contributed by atoms with Crippen molar-refractivity contribution in [1.29, 1.82) is 0 Å². The molecular formula is C28H32N2O2+2. The van der Waals surface area contributed by atoms with Crippen LogP contribution in [-0.2, 0) is 13.1 Å². The lowest BCUT2D eigenvalue weighted by molar-refractivity contribution is -1.16. The Morgan fingerprint density at radius 3 is 1.97 bits per heavy atom. The zero-order valence-corrected chi connectivity index (χ0v) is 18.7. The molecule has 0 aliphatic carbocycles. The van der Waals surface area contributed by atoms with E-state index in [1.54, 1.807) is 16.9 Å². The van der Waals surface area contributed by atoms with Gasteiger partial charge in [0, 0.05) is 17.5 Å². The summed E-state index contributed by atoms with van der Waals surface area (Å²) in [5, 5.41) is 0. The molecule has 0 amide bonds. The van der Waals surface area contributed by atoms with Crippen LogP contribution in [-0.4, -0.2) is 26.8 Å². The van der Waals surface area contributed by atoms with E-state index in [1.165, 1.54) is 23.1 Å².